The van der Waals surface area contributed by atoms with Gasteiger partial charge in [0.05, 0.1) is 10.6 Å². The molecule has 1 saturated heterocycles. The van der Waals surface area contributed by atoms with Crippen LogP contribution in [0.2, 0.25) is 5.02 Å². The van der Waals surface area contributed by atoms with E-state index in [0.717, 1.165) is 32.0 Å². The van der Waals surface area contributed by atoms with Gasteiger partial charge in [0, 0.05) is 0 Å². The third-order valence-corrected chi connectivity index (χ3v) is 3.53. The minimum atomic E-state index is -4.37. The van der Waals surface area contributed by atoms with Gasteiger partial charge in [-0.25, -0.2) is 0 Å². The molecule has 1 N–H and O–H groups in total. The van der Waals surface area contributed by atoms with Crippen LogP contribution in [0, 0.1) is 0 Å². The number of hydrogen-bond acceptors (Lipinski definition) is 1. The third-order valence-electron chi connectivity index (χ3n) is 3.11. The number of alkyl halides is 3. The Labute approximate surface area is 103 Å². The second kappa shape index (κ2) is 4.86. The van der Waals surface area contributed by atoms with Gasteiger partial charge in [-0.05, 0) is 43.5 Å². The summed E-state index contributed by atoms with van der Waals surface area (Å²) in [5.74, 6) is 0.131. The van der Waals surface area contributed by atoms with Gasteiger partial charge in [0.15, 0.2) is 0 Å². The predicted molar refractivity (Wildman–Crippen MR) is 61.3 cm³/mol. The molecule has 17 heavy (non-hydrogen) atoms. The summed E-state index contributed by atoms with van der Waals surface area (Å²) in [7, 11) is 0. The van der Waals surface area contributed by atoms with Gasteiger partial charge in [-0.3, -0.25) is 0 Å². The Morgan fingerprint density at radius 2 is 1.82 bits per heavy atom. The monoisotopic (exact) mass is 263 g/mol. The Morgan fingerprint density at radius 1 is 1.18 bits per heavy atom. The Bertz CT molecular complexity index is 397. The average Bonchev–Trinajstić information content (AvgIpc) is 2.29. The van der Waals surface area contributed by atoms with Crippen molar-refractivity contribution in [3.8, 4) is 0 Å². The van der Waals surface area contributed by atoms with Crippen LogP contribution >= 0.6 is 11.6 Å². The molecule has 1 aliphatic rings. The quantitative estimate of drug-likeness (QED) is 0.812. The molecule has 0 unspecified atom stereocenters. The van der Waals surface area contributed by atoms with Crippen LogP contribution in [0.25, 0.3) is 0 Å². The Morgan fingerprint density at radius 3 is 2.41 bits per heavy atom. The second-order valence-electron chi connectivity index (χ2n) is 4.23. The third kappa shape index (κ3) is 2.75. The summed E-state index contributed by atoms with van der Waals surface area (Å²) in [6.45, 7) is 1.66. The number of hydrogen-bond donors (Lipinski definition) is 1. The fourth-order valence-corrected chi connectivity index (χ4v) is 2.60. The molecular weight excluding hydrogens is 251 g/mol. The lowest BCUT2D eigenvalue weighted by Crippen LogP contribution is -2.27. The summed E-state index contributed by atoms with van der Waals surface area (Å²) < 4.78 is 38.1. The molecule has 0 amide bonds. The van der Waals surface area contributed by atoms with E-state index in [1.54, 1.807) is 6.07 Å². The number of piperidine rings is 1. The summed E-state index contributed by atoms with van der Waals surface area (Å²) in [4.78, 5) is 0. The molecular formula is C12H13ClF3N. The van der Waals surface area contributed by atoms with E-state index < -0.39 is 11.7 Å². The molecule has 0 aromatic heterocycles. The second-order valence-corrected chi connectivity index (χ2v) is 4.61. The zero-order chi connectivity index (χ0) is 12.5. The summed E-state index contributed by atoms with van der Waals surface area (Å²) in [6, 6.07) is 4.17. The highest BCUT2D eigenvalue weighted by Gasteiger charge is 2.34. The van der Waals surface area contributed by atoms with Crippen molar-refractivity contribution in [2.24, 2.45) is 0 Å². The van der Waals surface area contributed by atoms with Crippen molar-refractivity contribution >= 4 is 11.6 Å². The van der Waals surface area contributed by atoms with Gasteiger partial charge in [-0.2, -0.15) is 13.2 Å². The first kappa shape index (κ1) is 12.7. The van der Waals surface area contributed by atoms with Crippen LogP contribution < -0.4 is 5.32 Å². The van der Waals surface area contributed by atoms with E-state index >= 15 is 0 Å². The molecule has 94 valence electrons. The van der Waals surface area contributed by atoms with Crippen LogP contribution in [-0.2, 0) is 6.18 Å². The topological polar surface area (TPSA) is 12.0 Å². The van der Waals surface area contributed by atoms with E-state index in [2.05, 4.69) is 5.32 Å². The minimum Gasteiger partial charge on any atom is -0.317 e. The summed E-state index contributed by atoms with van der Waals surface area (Å²) >= 11 is 5.89. The lowest BCUT2D eigenvalue weighted by atomic mass is 9.89. The van der Waals surface area contributed by atoms with Gasteiger partial charge < -0.3 is 5.32 Å². The molecule has 1 heterocycles. The fourth-order valence-electron chi connectivity index (χ4n) is 2.22. The molecule has 0 bridgehead atoms. The highest BCUT2D eigenvalue weighted by atomic mass is 35.5. The van der Waals surface area contributed by atoms with E-state index in [1.165, 1.54) is 6.07 Å². The number of halogens is 4. The molecule has 0 radical (unpaired) electrons. The van der Waals surface area contributed by atoms with E-state index in [-0.39, 0.29) is 10.9 Å². The largest absolute Gasteiger partial charge is 0.417 e. The van der Waals surface area contributed by atoms with Gasteiger partial charge in [0.25, 0.3) is 0 Å². The molecule has 2 rings (SSSR count). The average molecular weight is 264 g/mol. The molecule has 1 aromatic rings. The SMILES string of the molecule is FC(F)(F)c1cccc(C2CCNCC2)c1Cl. The first-order valence-corrected chi connectivity index (χ1v) is 5.94. The highest BCUT2D eigenvalue weighted by molar-refractivity contribution is 6.32. The van der Waals surface area contributed by atoms with Crippen LogP contribution in [0.5, 0.6) is 0 Å². The van der Waals surface area contributed by atoms with Crippen molar-refractivity contribution < 1.29 is 13.2 Å². The maximum Gasteiger partial charge on any atom is 0.417 e. The lowest BCUT2D eigenvalue weighted by Gasteiger charge is -2.25. The smallest absolute Gasteiger partial charge is 0.317 e. The van der Waals surface area contributed by atoms with Gasteiger partial charge >= 0.3 is 6.18 Å². The highest BCUT2D eigenvalue weighted by Crippen LogP contribution is 2.40. The lowest BCUT2D eigenvalue weighted by molar-refractivity contribution is -0.137. The molecule has 1 aliphatic heterocycles. The number of nitrogens with one attached hydrogen (secondary N) is 1. The molecule has 5 heteroatoms. The van der Waals surface area contributed by atoms with Crippen molar-refractivity contribution in [3.63, 3.8) is 0 Å². The van der Waals surface area contributed by atoms with E-state index in [1.807, 2.05) is 0 Å². The maximum atomic E-state index is 12.7. The molecule has 1 nitrogen and oxygen atoms in total. The van der Waals surface area contributed by atoms with E-state index in [4.69, 9.17) is 11.6 Å². The first-order valence-electron chi connectivity index (χ1n) is 5.56. The van der Waals surface area contributed by atoms with E-state index in [9.17, 15) is 13.2 Å². The normalized spacial score (nSPS) is 18.4. The van der Waals surface area contributed by atoms with Crippen LogP contribution in [0.3, 0.4) is 0 Å². The fraction of sp³-hybridized carbons (Fsp3) is 0.500. The van der Waals surface area contributed by atoms with Crippen LogP contribution in [-0.4, -0.2) is 13.1 Å². The summed E-state index contributed by atoms with van der Waals surface area (Å²) in [6.07, 6.45) is -2.71. The van der Waals surface area contributed by atoms with Crippen LogP contribution in [0.1, 0.15) is 29.9 Å². The predicted octanol–water partition coefficient (Wildman–Crippen LogP) is 3.83. The van der Waals surface area contributed by atoms with Gasteiger partial charge in [-0.1, -0.05) is 23.7 Å². The zero-order valence-corrected chi connectivity index (χ0v) is 9.91. The van der Waals surface area contributed by atoms with Crippen molar-refractivity contribution in [1.82, 2.24) is 5.32 Å². The molecule has 0 aliphatic carbocycles. The summed E-state index contributed by atoms with van der Waals surface area (Å²) in [5.41, 5.74) is -0.0989. The number of rotatable bonds is 1. The van der Waals surface area contributed by atoms with Gasteiger partial charge in [0.2, 0.25) is 0 Å². The Hall–Kier alpha value is -0.740. The van der Waals surface area contributed by atoms with E-state index in [0.29, 0.717) is 5.56 Å². The van der Waals surface area contributed by atoms with Crippen molar-refractivity contribution in [3.05, 3.63) is 34.3 Å². The van der Waals surface area contributed by atoms with Crippen LogP contribution in [0.4, 0.5) is 13.2 Å². The minimum absolute atomic E-state index is 0.131. The molecule has 1 aromatic carbocycles. The first-order chi connectivity index (χ1) is 8.00. The van der Waals surface area contributed by atoms with Crippen molar-refractivity contribution in [2.75, 3.05) is 13.1 Å². The van der Waals surface area contributed by atoms with Gasteiger partial charge in [-0.15, -0.1) is 0 Å². The Kier molecular flexibility index (Phi) is 3.64. The molecule has 1 fully saturated rings. The van der Waals surface area contributed by atoms with Crippen molar-refractivity contribution in [1.29, 1.82) is 0 Å². The van der Waals surface area contributed by atoms with Gasteiger partial charge in [0.1, 0.15) is 0 Å². The van der Waals surface area contributed by atoms with Crippen LogP contribution in [0.15, 0.2) is 18.2 Å². The molecule has 0 atom stereocenters. The standard InChI is InChI=1S/C12H13ClF3N/c13-11-9(8-4-6-17-7-5-8)2-1-3-10(11)12(14,15)16/h1-3,8,17H,4-7H2. The molecule has 0 saturated carbocycles. The Balaban J connectivity index is 2.35. The molecule has 0 spiro atoms. The number of benzene rings is 1. The maximum absolute atomic E-state index is 12.7. The zero-order valence-electron chi connectivity index (χ0n) is 9.15. The van der Waals surface area contributed by atoms with Crippen molar-refractivity contribution in [2.45, 2.75) is 24.9 Å². The summed E-state index contributed by atoms with van der Waals surface area (Å²) in [5, 5.41) is 3.05.